The van der Waals surface area contributed by atoms with Crippen LogP contribution in [0.1, 0.15) is 11.6 Å². The van der Waals surface area contributed by atoms with E-state index in [0.717, 1.165) is 4.90 Å². The highest BCUT2D eigenvalue weighted by Gasteiger charge is 2.61. The fourth-order valence-corrected chi connectivity index (χ4v) is 5.09. The minimum absolute atomic E-state index is 0.154. The van der Waals surface area contributed by atoms with Crippen molar-refractivity contribution >= 4 is 46.4 Å². The van der Waals surface area contributed by atoms with E-state index in [0.29, 0.717) is 22.7 Å². The fourth-order valence-electron chi connectivity index (χ4n) is 4.52. The van der Waals surface area contributed by atoms with Crippen LogP contribution >= 0.6 is 23.2 Å². The molecule has 2 amide bonds. The maximum absolute atomic E-state index is 13.8. The third-order valence-corrected chi connectivity index (χ3v) is 6.65. The van der Waals surface area contributed by atoms with Crippen LogP contribution in [0.2, 0.25) is 10.0 Å². The zero-order chi connectivity index (χ0) is 24.0. The summed E-state index contributed by atoms with van der Waals surface area (Å²) in [5, 5.41) is 1.99. The van der Waals surface area contributed by atoms with Crippen LogP contribution in [-0.2, 0) is 14.4 Å². The number of hydroxylamine groups is 1. The van der Waals surface area contributed by atoms with Crippen molar-refractivity contribution in [3.63, 3.8) is 0 Å². The van der Waals surface area contributed by atoms with Crippen LogP contribution < -0.4 is 19.4 Å². The summed E-state index contributed by atoms with van der Waals surface area (Å²) in [5.41, 5.74) is 1.49. The summed E-state index contributed by atoms with van der Waals surface area (Å²) < 4.78 is 11.0. The number of hydrogen-bond donors (Lipinski definition) is 0. The van der Waals surface area contributed by atoms with Gasteiger partial charge in [-0.15, -0.1) is 0 Å². The second-order valence-electron chi connectivity index (χ2n) is 7.85. The Balaban J connectivity index is 1.66. The Morgan fingerprint density at radius 2 is 1.56 bits per heavy atom. The maximum atomic E-state index is 13.8. The molecule has 34 heavy (non-hydrogen) atoms. The second kappa shape index (κ2) is 8.83. The third-order valence-electron chi connectivity index (χ3n) is 6.04. The number of halogens is 2. The molecule has 0 bridgehead atoms. The van der Waals surface area contributed by atoms with Gasteiger partial charge in [0.15, 0.2) is 6.10 Å². The van der Waals surface area contributed by atoms with Crippen LogP contribution in [0.4, 0.5) is 11.4 Å². The topological polar surface area (TPSA) is 68.3 Å². The molecule has 3 aromatic carbocycles. The molecule has 3 atom stereocenters. The molecule has 0 aromatic heterocycles. The normalized spacial score (nSPS) is 21.7. The van der Waals surface area contributed by atoms with Gasteiger partial charge in [0, 0.05) is 5.56 Å². The number of carbonyl (C=O) groups excluding carboxylic acids is 2. The van der Waals surface area contributed by atoms with E-state index in [1.54, 1.807) is 55.7 Å². The molecule has 0 aliphatic carbocycles. The first kappa shape index (κ1) is 22.5. The Morgan fingerprint density at radius 3 is 2.21 bits per heavy atom. The molecule has 0 N–H and O–H groups in total. The molecular formula is C25H20Cl2N2O5. The number of anilines is 2. The minimum Gasteiger partial charge on any atom is -0.497 e. The van der Waals surface area contributed by atoms with Gasteiger partial charge in [-0.1, -0.05) is 47.5 Å². The van der Waals surface area contributed by atoms with Crippen LogP contribution in [0.3, 0.4) is 0 Å². The van der Waals surface area contributed by atoms with Crippen molar-refractivity contribution in [3.05, 3.63) is 82.3 Å². The molecule has 2 aliphatic heterocycles. The van der Waals surface area contributed by atoms with E-state index >= 15 is 0 Å². The molecule has 2 fully saturated rings. The van der Waals surface area contributed by atoms with E-state index in [-0.39, 0.29) is 15.7 Å². The van der Waals surface area contributed by atoms with Crippen molar-refractivity contribution in [2.24, 2.45) is 5.92 Å². The Kier molecular flexibility index (Phi) is 5.85. The molecule has 174 valence electrons. The summed E-state index contributed by atoms with van der Waals surface area (Å²) in [5.74, 6) is -0.754. The Labute approximate surface area is 206 Å². The Hall–Kier alpha value is -3.26. The molecule has 9 heteroatoms. The van der Waals surface area contributed by atoms with Gasteiger partial charge in [-0.3, -0.25) is 14.4 Å². The van der Waals surface area contributed by atoms with Crippen LogP contribution in [-0.4, -0.2) is 32.1 Å². The van der Waals surface area contributed by atoms with Crippen molar-refractivity contribution in [3.8, 4) is 11.5 Å². The number of hydrogen-bond acceptors (Lipinski definition) is 6. The number of methoxy groups -OCH3 is 2. The standard InChI is InChI=1S/C25H20Cl2N2O5/c1-32-15-11-12-19(33-2)16(13-15)21-20-23(34-29(21)14-7-4-3-5-8-14)25(31)28(24(20)30)22-17(26)9-6-10-18(22)27/h3-13,20-21,23H,1-2H3/t20-,21-,23+/m0/s1. The summed E-state index contributed by atoms with van der Waals surface area (Å²) >= 11 is 12.7. The monoisotopic (exact) mass is 498 g/mol. The summed E-state index contributed by atoms with van der Waals surface area (Å²) in [6, 6.07) is 18.7. The first-order chi connectivity index (χ1) is 16.5. The SMILES string of the molecule is COc1ccc(OC)c([C@H]2[C@@H]3C(=O)N(c4c(Cl)cccc4Cl)C(=O)[C@@H]3ON2c2ccccc2)c1. The largest absolute Gasteiger partial charge is 0.497 e. The number of nitrogens with zero attached hydrogens (tertiary/aromatic N) is 2. The summed E-state index contributed by atoms with van der Waals surface area (Å²) in [6.07, 6.45) is -1.07. The van der Waals surface area contributed by atoms with Gasteiger partial charge in [0.25, 0.3) is 5.91 Å². The predicted molar refractivity (Wildman–Crippen MR) is 129 cm³/mol. The Morgan fingerprint density at radius 1 is 0.853 bits per heavy atom. The van der Waals surface area contributed by atoms with Crippen LogP contribution in [0.25, 0.3) is 0 Å². The van der Waals surface area contributed by atoms with Gasteiger partial charge in [-0.25, -0.2) is 9.96 Å². The molecule has 0 spiro atoms. The molecular weight excluding hydrogens is 479 g/mol. The average molecular weight is 499 g/mol. The minimum atomic E-state index is -1.07. The number of carbonyl (C=O) groups is 2. The molecule has 0 radical (unpaired) electrons. The lowest BCUT2D eigenvalue weighted by Crippen LogP contribution is -2.37. The molecule has 5 rings (SSSR count). The van der Waals surface area contributed by atoms with Gasteiger partial charge in [-0.2, -0.15) is 0 Å². The number of ether oxygens (including phenoxy) is 2. The first-order valence-corrected chi connectivity index (χ1v) is 11.3. The quantitative estimate of drug-likeness (QED) is 0.458. The molecule has 2 saturated heterocycles. The molecule has 7 nitrogen and oxygen atoms in total. The number of imide groups is 1. The lowest BCUT2D eigenvalue weighted by molar-refractivity contribution is -0.126. The average Bonchev–Trinajstić information content (AvgIpc) is 3.36. The highest BCUT2D eigenvalue weighted by Crippen LogP contribution is 2.51. The first-order valence-electron chi connectivity index (χ1n) is 10.5. The summed E-state index contributed by atoms with van der Waals surface area (Å²) in [6.45, 7) is 0. The molecule has 2 heterocycles. The number of benzene rings is 3. The predicted octanol–water partition coefficient (Wildman–Crippen LogP) is 5.06. The van der Waals surface area contributed by atoms with Crippen LogP contribution in [0, 0.1) is 5.92 Å². The molecule has 0 unspecified atom stereocenters. The number of amides is 2. The maximum Gasteiger partial charge on any atom is 0.266 e. The van der Waals surface area contributed by atoms with Crippen molar-refractivity contribution < 1.29 is 23.9 Å². The second-order valence-corrected chi connectivity index (χ2v) is 8.66. The lowest BCUT2D eigenvalue weighted by atomic mass is 9.89. The van der Waals surface area contributed by atoms with E-state index in [4.69, 9.17) is 37.5 Å². The van der Waals surface area contributed by atoms with E-state index < -0.39 is 29.9 Å². The van der Waals surface area contributed by atoms with Crippen molar-refractivity contribution in [1.29, 1.82) is 0 Å². The highest BCUT2D eigenvalue weighted by atomic mass is 35.5. The highest BCUT2D eigenvalue weighted by molar-refractivity contribution is 6.42. The number of fused-ring (bicyclic) bond motifs is 1. The van der Waals surface area contributed by atoms with Crippen molar-refractivity contribution in [1.82, 2.24) is 0 Å². The number of rotatable bonds is 5. The molecule has 0 saturated carbocycles. The van der Waals surface area contributed by atoms with E-state index in [1.807, 2.05) is 30.3 Å². The number of para-hydroxylation sites is 2. The smallest absolute Gasteiger partial charge is 0.266 e. The zero-order valence-electron chi connectivity index (χ0n) is 18.3. The summed E-state index contributed by atoms with van der Waals surface area (Å²) in [7, 11) is 3.10. The van der Waals surface area contributed by atoms with E-state index in [1.165, 1.54) is 0 Å². The summed E-state index contributed by atoms with van der Waals surface area (Å²) in [4.78, 5) is 34.5. The van der Waals surface area contributed by atoms with Crippen molar-refractivity contribution in [2.45, 2.75) is 12.1 Å². The third kappa shape index (κ3) is 3.48. The van der Waals surface area contributed by atoms with Gasteiger partial charge in [-0.05, 0) is 42.5 Å². The molecule has 3 aromatic rings. The van der Waals surface area contributed by atoms with Crippen molar-refractivity contribution in [2.75, 3.05) is 24.2 Å². The van der Waals surface area contributed by atoms with Crippen LogP contribution in [0.15, 0.2) is 66.7 Å². The van der Waals surface area contributed by atoms with Gasteiger partial charge < -0.3 is 9.47 Å². The Bertz CT molecular complexity index is 1250. The van der Waals surface area contributed by atoms with Gasteiger partial charge in [0.1, 0.15) is 23.5 Å². The van der Waals surface area contributed by atoms with Gasteiger partial charge in [0.05, 0.1) is 35.6 Å². The zero-order valence-corrected chi connectivity index (χ0v) is 19.8. The lowest BCUT2D eigenvalue weighted by Gasteiger charge is -2.30. The van der Waals surface area contributed by atoms with Gasteiger partial charge in [0.2, 0.25) is 5.91 Å². The van der Waals surface area contributed by atoms with Gasteiger partial charge >= 0.3 is 0 Å². The van der Waals surface area contributed by atoms with Crippen LogP contribution in [0.5, 0.6) is 11.5 Å². The molecule has 2 aliphatic rings. The van der Waals surface area contributed by atoms with E-state index in [9.17, 15) is 9.59 Å². The fraction of sp³-hybridized carbons (Fsp3) is 0.200. The van der Waals surface area contributed by atoms with E-state index in [2.05, 4.69) is 0 Å².